The summed E-state index contributed by atoms with van der Waals surface area (Å²) in [4.78, 5) is 22.1. The van der Waals surface area contributed by atoms with Crippen LogP contribution in [0.3, 0.4) is 0 Å². The average molecular weight is 260 g/mol. The number of ether oxygens (including phenoxy) is 1. The number of allylic oxidation sites excluding steroid dienone is 3. The Morgan fingerprint density at radius 3 is 2.63 bits per heavy atom. The minimum Gasteiger partial charge on any atom is -0.545 e. The van der Waals surface area contributed by atoms with Gasteiger partial charge < -0.3 is 24.5 Å². The Morgan fingerprint density at radius 1 is 1.26 bits per heavy atom. The topological polar surface area (TPSA) is 89.5 Å². The predicted molar refractivity (Wildman–Crippen MR) is 62.1 cm³/mol. The van der Waals surface area contributed by atoms with E-state index in [4.69, 9.17) is 4.74 Å². The van der Waals surface area contributed by atoms with Gasteiger partial charge in [-0.15, -0.1) is 0 Å². The molecule has 0 spiro atoms. The molecule has 0 saturated carbocycles. The van der Waals surface area contributed by atoms with Gasteiger partial charge in [-0.3, -0.25) is 0 Å². The minimum atomic E-state index is -1.50. The highest BCUT2D eigenvalue weighted by atomic mass is 16.5. The van der Waals surface area contributed by atoms with Gasteiger partial charge in [0.15, 0.2) is 0 Å². The molecular formula is C14H12O5-2. The lowest BCUT2D eigenvalue weighted by Crippen LogP contribution is -2.36. The second-order valence-electron chi connectivity index (χ2n) is 4.36. The molecule has 100 valence electrons. The molecule has 0 aromatic carbocycles. The van der Waals surface area contributed by atoms with Gasteiger partial charge in [0.25, 0.3) is 0 Å². The van der Waals surface area contributed by atoms with Crippen LogP contribution in [0.4, 0.5) is 0 Å². The number of hydrogen-bond acceptors (Lipinski definition) is 5. The lowest BCUT2D eigenvalue weighted by Gasteiger charge is -2.29. The summed E-state index contributed by atoms with van der Waals surface area (Å²) in [6.45, 7) is 0. The first kappa shape index (κ1) is 13.1. The maximum absolute atomic E-state index is 11.2. The van der Waals surface area contributed by atoms with Gasteiger partial charge in [-0.05, 0) is 36.5 Å². The van der Waals surface area contributed by atoms with Gasteiger partial charge in [-0.2, -0.15) is 0 Å². The van der Waals surface area contributed by atoms with E-state index in [1.165, 1.54) is 12.3 Å². The highest BCUT2D eigenvalue weighted by molar-refractivity contribution is 6.00. The Hall–Kier alpha value is -2.30. The largest absolute Gasteiger partial charge is 0.545 e. The van der Waals surface area contributed by atoms with Crippen molar-refractivity contribution in [3.05, 3.63) is 47.8 Å². The van der Waals surface area contributed by atoms with Crippen LogP contribution in [0, 0.1) is 5.92 Å². The third-order valence-corrected chi connectivity index (χ3v) is 3.13. The Balaban J connectivity index is 2.22. The van der Waals surface area contributed by atoms with Gasteiger partial charge in [0, 0.05) is 5.57 Å². The fourth-order valence-electron chi connectivity index (χ4n) is 2.29. The average Bonchev–Trinajstić information content (AvgIpc) is 2.39. The fraction of sp³-hybridized carbons (Fsp3) is 0.286. The first-order chi connectivity index (χ1) is 9.09. The van der Waals surface area contributed by atoms with Crippen LogP contribution in [-0.2, 0) is 14.3 Å². The zero-order valence-electron chi connectivity index (χ0n) is 10.1. The molecule has 0 amide bonds. The molecule has 0 bridgehead atoms. The molecule has 1 aliphatic heterocycles. The van der Waals surface area contributed by atoms with Crippen LogP contribution in [0.2, 0.25) is 0 Å². The molecule has 0 aromatic rings. The maximum atomic E-state index is 11.2. The summed E-state index contributed by atoms with van der Waals surface area (Å²) in [5.74, 6) is -3.42. The van der Waals surface area contributed by atoms with Crippen molar-refractivity contribution < 1.29 is 24.5 Å². The van der Waals surface area contributed by atoms with Gasteiger partial charge in [-0.25, -0.2) is 0 Å². The highest BCUT2D eigenvalue weighted by Crippen LogP contribution is 2.30. The Kier molecular flexibility index (Phi) is 3.85. The first-order valence-electron chi connectivity index (χ1n) is 5.91. The van der Waals surface area contributed by atoms with E-state index in [0.717, 1.165) is 0 Å². The third-order valence-electron chi connectivity index (χ3n) is 3.13. The fourth-order valence-corrected chi connectivity index (χ4v) is 2.29. The molecule has 19 heavy (non-hydrogen) atoms. The molecule has 1 aliphatic carbocycles. The first-order valence-corrected chi connectivity index (χ1v) is 5.91. The summed E-state index contributed by atoms with van der Waals surface area (Å²) in [6, 6.07) is 0. The van der Waals surface area contributed by atoms with Gasteiger partial charge >= 0.3 is 0 Å². The van der Waals surface area contributed by atoms with E-state index in [9.17, 15) is 19.8 Å². The summed E-state index contributed by atoms with van der Waals surface area (Å²) in [5.41, 5.74) is -0.527. The predicted octanol–water partition coefficient (Wildman–Crippen LogP) is -0.782. The van der Waals surface area contributed by atoms with Crippen LogP contribution >= 0.6 is 0 Å². The van der Waals surface area contributed by atoms with Crippen molar-refractivity contribution in [2.24, 2.45) is 5.92 Å². The normalized spacial score (nSPS) is 25.3. The Bertz CT molecular complexity index is 510. The lowest BCUT2D eigenvalue weighted by atomic mass is 9.83. The van der Waals surface area contributed by atoms with E-state index in [0.29, 0.717) is 12.8 Å². The van der Waals surface area contributed by atoms with Crippen molar-refractivity contribution >= 4 is 11.9 Å². The van der Waals surface area contributed by atoms with Crippen molar-refractivity contribution in [1.29, 1.82) is 0 Å². The molecule has 0 N–H and O–H groups in total. The lowest BCUT2D eigenvalue weighted by molar-refractivity contribution is -0.304. The second-order valence-corrected chi connectivity index (χ2v) is 4.36. The SMILES string of the molecule is O=C([O-])C1=C(C(=O)[O-])C(CC2C=CC=CO2)CC=C1. The summed E-state index contributed by atoms with van der Waals surface area (Å²) in [7, 11) is 0. The number of carboxylic acid groups (broad SMARTS) is 2. The zero-order chi connectivity index (χ0) is 13.8. The second kappa shape index (κ2) is 5.56. The number of carboxylic acids is 2. The molecule has 0 aromatic heterocycles. The van der Waals surface area contributed by atoms with Gasteiger partial charge in [0.1, 0.15) is 6.10 Å². The Morgan fingerprint density at radius 2 is 2.05 bits per heavy atom. The number of carbonyl (C=O) groups excluding carboxylic acids is 2. The van der Waals surface area contributed by atoms with Crippen LogP contribution in [0.5, 0.6) is 0 Å². The summed E-state index contributed by atoms with van der Waals surface area (Å²) in [6.07, 6.45) is 10.3. The Labute approximate surface area is 110 Å². The van der Waals surface area contributed by atoms with Crippen LogP contribution in [-0.4, -0.2) is 18.0 Å². The molecule has 2 rings (SSSR count). The summed E-state index contributed by atoms with van der Waals surface area (Å²) < 4.78 is 5.31. The van der Waals surface area contributed by atoms with E-state index in [1.54, 1.807) is 24.3 Å². The standard InChI is InChI=1S/C14H14O5/c15-13(16)11-6-3-4-9(12(11)14(17)18)8-10-5-1-2-7-19-10/h1-3,5-7,9-10H,4,8H2,(H,15,16)(H,17,18)/p-2. The van der Waals surface area contributed by atoms with Gasteiger partial charge in [0.05, 0.1) is 18.2 Å². The number of carbonyl (C=O) groups is 2. The quantitative estimate of drug-likeness (QED) is 0.661. The van der Waals surface area contributed by atoms with Gasteiger partial charge in [-0.1, -0.05) is 18.2 Å². The molecule has 0 saturated heterocycles. The molecule has 0 fully saturated rings. The summed E-state index contributed by atoms with van der Waals surface area (Å²) >= 11 is 0. The molecule has 2 aliphatic rings. The monoisotopic (exact) mass is 260 g/mol. The van der Waals surface area contributed by atoms with Crippen LogP contribution in [0.1, 0.15) is 12.8 Å². The molecule has 1 heterocycles. The van der Waals surface area contributed by atoms with Gasteiger partial charge in [0.2, 0.25) is 0 Å². The van der Waals surface area contributed by atoms with Crippen molar-refractivity contribution in [1.82, 2.24) is 0 Å². The van der Waals surface area contributed by atoms with E-state index in [1.807, 2.05) is 0 Å². The van der Waals surface area contributed by atoms with Crippen molar-refractivity contribution in [3.8, 4) is 0 Å². The third kappa shape index (κ3) is 2.93. The van der Waals surface area contributed by atoms with E-state index >= 15 is 0 Å². The smallest absolute Gasteiger partial charge is 0.117 e. The van der Waals surface area contributed by atoms with Crippen LogP contribution < -0.4 is 10.2 Å². The van der Waals surface area contributed by atoms with E-state index in [2.05, 4.69) is 0 Å². The van der Waals surface area contributed by atoms with E-state index < -0.39 is 17.9 Å². The molecule has 0 radical (unpaired) electrons. The number of rotatable bonds is 4. The molecule has 2 atom stereocenters. The van der Waals surface area contributed by atoms with Crippen LogP contribution in [0.25, 0.3) is 0 Å². The summed E-state index contributed by atoms with van der Waals surface area (Å²) in [5, 5.41) is 22.1. The molecular weight excluding hydrogens is 248 g/mol. The molecule has 2 unspecified atom stereocenters. The van der Waals surface area contributed by atoms with Crippen molar-refractivity contribution in [2.45, 2.75) is 18.9 Å². The number of hydrogen-bond donors (Lipinski definition) is 0. The maximum Gasteiger partial charge on any atom is 0.117 e. The highest BCUT2D eigenvalue weighted by Gasteiger charge is 2.24. The van der Waals surface area contributed by atoms with Crippen molar-refractivity contribution in [2.75, 3.05) is 0 Å². The number of aliphatic carboxylic acids is 2. The minimum absolute atomic E-state index is 0.214. The molecule has 5 nitrogen and oxygen atoms in total. The molecule has 5 heteroatoms. The van der Waals surface area contributed by atoms with Crippen LogP contribution in [0.15, 0.2) is 47.8 Å². The van der Waals surface area contributed by atoms with Crippen molar-refractivity contribution in [3.63, 3.8) is 0 Å². The zero-order valence-corrected chi connectivity index (χ0v) is 10.1. The van der Waals surface area contributed by atoms with E-state index in [-0.39, 0.29) is 17.3 Å².